The van der Waals surface area contributed by atoms with Gasteiger partial charge in [0.15, 0.2) is 0 Å². The predicted octanol–water partition coefficient (Wildman–Crippen LogP) is 4.70. The molecule has 4 nitrogen and oxygen atoms in total. The van der Waals surface area contributed by atoms with Crippen molar-refractivity contribution in [1.29, 1.82) is 0 Å². The fourth-order valence-electron chi connectivity index (χ4n) is 3.68. The Balaban J connectivity index is 1.62. The van der Waals surface area contributed by atoms with Crippen LogP contribution in [0.5, 0.6) is 0 Å². The summed E-state index contributed by atoms with van der Waals surface area (Å²) in [6.45, 7) is 1.93. The normalized spacial score (nSPS) is 11.2. The molecular formula is C24H25N3O. The largest absolute Gasteiger partial charge is 0.360 e. The van der Waals surface area contributed by atoms with Gasteiger partial charge in [0.25, 0.3) is 5.91 Å². The first-order valence-electron chi connectivity index (χ1n) is 9.79. The molecule has 0 aliphatic carbocycles. The molecule has 1 heterocycles. The molecule has 0 saturated heterocycles. The van der Waals surface area contributed by atoms with Crippen molar-refractivity contribution in [3.05, 3.63) is 84.1 Å². The molecule has 4 rings (SSSR count). The van der Waals surface area contributed by atoms with E-state index in [4.69, 9.17) is 5.73 Å². The first-order chi connectivity index (χ1) is 13.8. The van der Waals surface area contributed by atoms with Crippen LogP contribution in [-0.2, 0) is 6.54 Å². The van der Waals surface area contributed by atoms with Crippen molar-refractivity contribution in [2.45, 2.75) is 19.4 Å². The van der Waals surface area contributed by atoms with Crippen LogP contribution in [0.25, 0.3) is 21.7 Å². The lowest BCUT2D eigenvalue weighted by atomic mass is 10.1. The summed E-state index contributed by atoms with van der Waals surface area (Å²) < 4.78 is 0. The zero-order valence-electron chi connectivity index (χ0n) is 15.9. The van der Waals surface area contributed by atoms with Gasteiger partial charge in [-0.15, -0.1) is 0 Å². The third kappa shape index (κ3) is 3.78. The fourth-order valence-corrected chi connectivity index (χ4v) is 3.68. The summed E-state index contributed by atoms with van der Waals surface area (Å²) in [7, 11) is 0. The number of benzene rings is 3. The summed E-state index contributed by atoms with van der Waals surface area (Å²) in [5.74, 6) is 0.0580. The lowest BCUT2D eigenvalue weighted by Gasteiger charge is -2.23. The van der Waals surface area contributed by atoms with Crippen LogP contribution in [0, 0.1) is 0 Å². The number of fused-ring (bicyclic) bond motifs is 2. The molecule has 0 aliphatic heterocycles. The second-order valence-corrected chi connectivity index (χ2v) is 7.15. The molecule has 4 aromatic rings. The van der Waals surface area contributed by atoms with E-state index in [1.807, 2.05) is 47.5 Å². The van der Waals surface area contributed by atoms with E-state index in [1.54, 1.807) is 0 Å². The maximum Gasteiger partial charge on any atom is 0.256 e. The molecular weight excluding hydrogens is 346 g/mol. The summed E-state index contributed by atoms with van der Waals surface area (Å²) in [6.07, 6.45) is 3.64. The first-order valence-corrected chi connectivity index (χ1v) is 9.79. The molecule has 28 heavy (non-hydrogen) atoms. The van der Waals surface area contributed by atoms with E-state index in [-0.39, 0.29) is 5.91 Å². The van der Waals surface area contributed by atoms with Gasteiger partial charge in [-0.2, -0.15) is 0 Å². The zero-order valence-corrected chi connectivity index (χ0v) is 15.9. The molecule has 4 heteroatoms. The number of hydrogen-bond donors (Lipinski definition) is 2. The Morgan fingerprint density at radius 1 is 0.929 bits per heavy atom. The molecule has 0 bridgehead atoms. The number of nitrogens with one attached hydrogen (secondary N) is 1. The van der Waals surface area contributed by atoms with E-state index in [0.29, 0.717) is 19.6 Å². The molecule has 0 spiro atoms. The van der Waals surface area contributed by atoms with E-state index in [2.05, 4.69) is 35.3 Å². The smallest absolute Gasteiger partial charge is 0.256 e. The molecule has 0 aliphatic rings. The van der Waals surface area contributed by atoms with Crippen LogP contribution in [0.3, 0.4) is 0 Å². The summed E-state index contributed by atoms with van der Waals surface area (Å²) in [4.78, 5) is 18.5. The molecule has 3 aromatic carbocycles. The van der Waals surface area contributed by atoms with Crippen molar-refractivity contribution in [2.24, 2.45) is 5.73 Å². The van der Waals surface area contributed by atoms with E-state index in [1.165, 1.54) is 10.8 Å². The molecule has 3 N–H and O–H groups in total. The summed E-state index contributed by atoms with van der Waals surface area (Å²) in [5, 5.41) is 3.38. The average molecular weight is 371 g/mol. The van der Waals surface area contributed by atoms with Gasteiger partial charge >= 0.3 is 0 Å². The van der Waals surface area contributed by atoms with Crippen LogP contribution in [0.4, 0.5) is 0 Å². The van der Waals surface area contributed by atoms with Gasteiger partial charge in [0.05, 0.1) is 5.56 Å². The summed E-state index contributed by atoms with van der Waals surface area (Å²) in [6, 6.07) is 22.6. The van der Waals surface area contributed by atoms with Crippen molar-refractivity contribution in [3.8, 4) is 0 Å². The van der Waals surface area contributed by atoms with Crippen molar-refractivity contribution < 1.29 is 4.79 Å². The lowest BCUT2D eigenvalue weighted by molar-refractivity contribution is 0.0742. The Bertz CT molecular complexity index is 1100. The number of carbonyl (C=O) groups is 1. The molecule has 0 radical (unpaired) electrons. The molecule has 1 amide bonds. The zero-order chi connectivity index (χ0) is 19.3. The number of carbonyl (C=O) groups excluding carboxylic acids is 1. The minimum absolute atomic E-state index is 0.0580. The van der Waals surface area contributed by atoms with Crippen LogP contribution in [-0.4, -0.2) is 28.9 Å². The van der Waals surface area contributed by atoms with Gasteiger partial charge in [-0.1, -0.05) is 54.6 Å². The lowest BCUT2D eigenvalue weighted by Crippen LogP contribution is -2.31. The Labute approximate surface area is 165 Å². The number of para-hydroxylation sites is 1. The van der Waals surface area contributed by atoms with Crippen molar-refractivity contribution in [1.82, 2.24) is 9.88 Å². The minimum Gasteiger partial charge on any atom is -0.360 e. The van der Waals surface area contributed by atoms with Gasteiger partial charge < -0.3 is 15.6 Å². The van der Waals surface area contributed by atoms with Gasteiger partial charge in [0.2, 0.25) is 0 Å². The molecule has 142 valence electrons. The van der Waals surface area contributed by atoms with E-state index >= 15 is 0 Å². The van der Waals surface area contributed by atoms with Gasteiger partial charge in [-0.25, -0.2) is 0 Å². The quantitative estimate of drug-likeness (QED) is 0.463. The maximum atomic E-state index is 13.4. The monoisotopic (exact) mass is 371 g/mol. The second-order valence-electron chi connectivity index (χ2n) is 7.15. The topological polar surface area (TPSA) is 62.1 Å². The number of unbranched alkanes of at least 4 members (excludes halogenated alkanes) is 1. The van der Waals surface area contributed by atoms with E-state index < -0.39 is 0 Å². The third-order valence-corrected chi connectivity index (χ3v) is 5.18. The van der Waals surface area contributed by atoms with Crippen LogP contribution >= 0.6 is 0 Å². The fraction of sp³-hybridized carbons (Fsp3) is 0.208. The van der Waals surface area contributed by atoms with Crippen LogP contribution in [0.15, 0.2) is 72.9 Å². The van der Waals surface area contributed by atoms with E-state index in [0.717, 1.165) is 34.9 Å². The molecule has 0 atom stereocenters. The number of rotatable bonds is 7. The highest BCUT2D eigenvalue weighted by Gasteiger charge is 2.19. The number of H-pyrrole nitrogens is 1. The maximum absolute atomic E-state index is 13.4. The summed E-state index contributed by atoms with van der Waals surface area (Å²) in [5.41, 5.74) is 8.52. The number of aromatic amines is 1. The van der Waals surface area contributed by atoms with Crippen molar-refractivity contribution >= 4 is 27.6 Å². The standard InChI is InChI=1S/C24H25N3O/c25-13-5-6-14-27(17-18-11-12-19-7-1-2-8-20(19)15-18)24(28)22-16-26-23-10-4-3-9-21(22)23/h1-4,7-12,15-16,26H,5-6,13-14,17,25H2. The third-order valence-electron chi connectivity index (χ3n) is 5.18. The van der Waals surface area contributed by atoms with Crippen LogP contribution in [0.1, 0.15) is 28.8 Å². The Morgan fingerprint density at radius 3 is 2.57 bits per heavy atom. The average Bonchev–Trinajstić information content (AvgIpc) is 3.17. The second kappa shape index (κ2) is 8.28. The molecule has 0 saturated carbocycles. The first kappa shape index (κ1) is 18.3. The SMILES string of the molecule is NCCCCN(Cc1ccc2ccccc2c1)C(=O)c1c[nH]c2ccccc12. The van der Waals surface area contributed by atoms with Gasteiger partial charge in [-0.3, -0.25) is 4.79 Å². The van der Waals surface area contributed by atoms with Crippen molar-refractivity contribution in [3.63, 3.8) is 0 Å². The summed E-state index contributed by atoms with van der Waals surface area (Å²) >= 11 is 0. The number of nitrogens with zero attached hydrogens (tertiary/aromatic N) is 1. The number of amides is 1. The minimum atomic E-state index is 0.0580. The Morgan fingerprint density at radius 2 is 1.71 bits per heavy atom. The molecule has 0 fully saturated rings. The highest BCUT2D eigenvalue weighted by atomic mass is 16.2. The number of aromatic nitrogens is 1. The van der Waals surface area contributed by atoms with Crippen LogP contribution < -0.4 is 5.73 Å². The van der Waals surface area contributed by atoms with Gasteiger partial charge in [0, 0.05) is 30.2 Å². The Kier molecular flexibility index (Phi) is 5.40. The highest BCUT2D eigenvalue weighted by Crippen LogP contribution is 2.22. The predicted molar refractivity (Wildman–Crippen MR) is 115 cm³/mol. The van der Waals surface area contributed by atoms with Gasteiger partial charge in [-0.05, 0) is 47.9 Å². The number of nitrogens with two attached hydrogens (primary N) is 1. The number of hydrogen-bond acceptors (Lipinski definition) is 2. The van der Waals surface area contributed by atoms with Gasteiger partial charge in [0.1, 0.15) is 0 Å². The Hall–Kier alpha value is -3.11. The van der Waals surface area contributed by atoms with Crippen molar-refractivity contribution in [2.75, 3.05) is 13.1 Å². The molecule has 1 aromatic heterocycles. The van der Waals surface area contributed by atoms with Crippen LogP contribution in [0.2, 0.25) is 0 Å². The highest BCUT2D eigenvalue weighted by molar-refractivity contribution is 6.06. The van der Waals surface area contributed by atoms with E-state index in [9.17, 15) is 4.79 Å². The molecule has 0 unspecified atom stereocenters.